The lowest BCUT2D eigenvalue weighted by Crippen LogP contribution is -2.61. The minimum atomic E-state index is -1.05. The van der Waals surface area contributed by atoms with Crippen LogP contribution in [0.25, 0.3) is 0 Å². The molecule has 2 fully saturated rings. The summed E-state index contributed by atoms with van der Waals surface area (Å²) in [6, 6.07) is 3.93. The fourth-order valence-electron chi connectivity index (χ4n) is 7.90. The molecule has 0 aliphatic carbocycles. The molecule has 4 amide bonds. The Morgan fingerprint density at radius 2 is 1.60 bits per heavy atom. The molecule has 0 spiro atoms. The molecule has 3 aliphatic rings. The number of esters is 2. The highest BCUT2D eigenvalue weighted by atomic mass is 16.6. The van der Waals surface area contributed by atoms with Crippen molar-refractivity contribution in [2.75, 3.05) is 18.5 Å². The molecule has 0 saturated carbocycles. The summed E-state index contributed by atoms with van der Waals surface area (Å²) in [4.78, 5) is 86.0. The van der Waals surface area contributed by atoms with Gasteiger partial charge in [-0.3, -0.25) is 24.0 Å². The minimum Gasteiger partial charge on any atom is -0.460 e. The number of rotatable bonds is 16. The molecule has 13 heteroatoms. The van der Waals surface area contributed by atoms with Crippen LogP contribution in [0.3, 0.4) is 0 Å². The lowest BCUT2D eigenvalue weighted by Gasteiger charge is -2.36. The summed E-state index contributed by atoms with van der Waals surface area (Å²) in [5.74, 6) is -4.02. The van der Waals surface area contributed by atoms with Gasteiger partial charge in [-0.15, -0.1) is 0 Å². The van der Waals surface area contributed by atoms with E-state index in [1.165, 1.54) is 15.9 Å². The van der Waals surface area contributed by atoms with Crippen molar-refractivity contribution in [2.45, 2.75) is 137 Å². The summed E-state index contributed by atoms with van der Waals surface area (Å²) in [5.41, 5.74) is 1.26. The summed E-state index contributed by atoms with van der Waals surface area (Å²) in [6.45, 7) is 22.6. The van der Waals surface area contributed by atoms with Gasteiger partial charge in [0, 0.05) is 17.6 Å². The third-order valence-corrected chi connectivity index (χ3v) is 11.4. The highest BCUT2D eigenvalue weighted by molar-refractivity contribution is 5.97. The zero-order chi connectivity index (χ0) is 40.9. The number of benzene rings is 1. The first-order valence-electron chi connectivity index (χ1n) is 19.9. The summed E-state index contributed by atoms with van der Waals surface area (Å²) in [7, 11) is 0. The number of amides is 4. The SMILES string of the molecule is C=CCOC(=O)[C@@H]1C[C@@]2(C)c3ccccc3N[C@H]2N1C(=O)[C@H](NC(=O)[C@H](CC(C)C)NC(=O)[C@H]1CCCN1C(=O)[C@@H](OC(=O)[C@H](C)C(C)C)C(C)C)C(C)C. The second-order valence-corrected chi connectivity index (χ2v) is 17.1. The molecule has 55 heavy (non-hydrogen) atoms. The quantitative estimate of drug-likeness (QED) is 0.162. The van der Waals surface area contributed by atoms with E-state index in [2.05, 4.69) is 22.5 Å². The number of para-hydroxylation sites is 1. The van der Waals surface area contributed by atoms with Crippen molar-refractivity contribution in [1.82, 2.24) is 20.4 Å². The fourth-order valence-corrected chi connectivity index (χ4v) is 7.90. The second kappa shape index (κ2) is 18.0. The van der Waals surface area contributed by atoms with Crippen molar-refractivity contribution >= 4 is 41.3 Å². The van der Waals surface area contributed by atoms with Crippen molar-refractivity contribution in [3.8, 4) is 0 Å². The van der Waals surface area contributed by atoms with Crippen LogP contribution in [0.1, 0.15) is 100 Å². The van der Waals surface area contributed by atoms with Gasteiger partial charge >= 0.3 is 11.9 Å². The number of ether oxygens (including phenoxy) is 2. The third kappa shape index (κ3) is 9.35. The van der Waals surface area contributed by atoms with Crippen LogP contribution in [0.15, 0.2) is 36.9 Å². The highest BCUT2D eigenvalue weighted by Gasteiger charge is 2.59. The Labute approximate surface area is 326 Å². The van der Waals surface area contributed by atoms with Gasteiger partial charge in [-0.1, -0.05) is 100 Å². The summed E-state index contributed by atoms with van der Waals surface area (Å²) in [5, 5.41) is 9.30. The Kier molecular flexibility index (Phi) is 14.2. The Hall–Kier alpha value is -4.42. The first-order chi connectivity index (χ1) is 25.8. The predicted molar refractivity (Wildman–Crippen MR) is 209 cm³/mol. The van der Waals surface area contributed by atoms with Crippen LogP contribution in [-0.4, -0.2) is 95.0 Å². The number of carbonyl (C=O) groups excluding carboxylic acids is 6. The largest absolute Gasteiger partial charge is 0.460 e. The minimum absolute atomic E-state index is 0.00564. The van der Waals surface area contributed by atoms with E-state index in [1.807, 2.05) is 72.7 Å². The number of likely N-dealkylation sites (tertiary alicyclic amines) is 2. The van der Waals surface area contributed by atoms with Crippen molar-refractivity contribution in [1.29, 1.82) is 0 Å². The maximum Gasteiger partial charge on any atom is 0.329 e. The van der Waals surface area contributed by atoms with Gasteiger partial charge in [0.2, 0.25) is 17.7 Å². The maximum absolute atomic E-state index is 14.7. The third-order valence-electron chi connectivity index (χ3n) is 11.4. The zero-order valence-electron chi connectivity index (χ0n) is 34.3. The van der Waals surface area contributed by atoms with Crippen molar-refractivity contribution in [2.24, 2.45) is 29.6 Å². The number of nitrogens with zero attached hydrogens (tertiary/aromatic N) is 2. The normalized spacial score (nSPS) is 23.8. The Morgan fingerprint density at radius 3 is 2.20 bits per heavy atom. The first-order valence-corrected chi connectivity index (χ1v) is 19.9. The van der Waals surface area contributed by atoms with Gasteiger partial charge < -0.3 is 35.2 Å². The molecule has 3 N–H and O–H groups in total. The lowest BCUT2D eigenvalue weighted by atomic mass is 9.80. The molecule has 304 valence electrons. The summed E-state index contributed by atoms with van der Waals surface area (Å²) >= 11 is 0. The monoisotopic (exact) mass is 765 g/mol. The summed E-state index contributed by atoms with van der Waals surface area (Å²) in [6.07, 6.45) is 1.39. The second-order valence-electron chi connectivity index (χ2n) is 17.1. The van der Waals surface area contributed by atoms with Crippen LogP contribution >= 0.6 is 0 Å². The van der Waals surface area contributed by atoms with Gasteiger partial charge in [-0.25, -0.2) is 4.79 Å². The molecule has 1 aromatic carbocycles. The Morgan fingerprint density at radius 1 is 0.927 bits per heavy atom. The fraction of sp³-hybridized carbons (Fsp3) is 0.667. The molecule has 3 aliphatic heterocycles. The standard InChI is InChI=1S/C42H63N5O8/c1-12-20-54-40(53)32-22-42(11)28-16-13-14-17-29(28)44-41(42)47(32)37(50)33(25(6)7)45-35(48)30(21-23(2)3)43-36(49)31-18-15-19-46(31)38(51)34(26(8)9)55-39(52)27(10)24(4)5/h12-14,16-17,23-27,30-34,41,44H,1,15,18-22H2,2-11H3,(H,43,49)(H,45,48)/t27-,30+,31-,32+,33-,34+,41+,42+/m1/s1. The van der Waals surface area contributed by atoms with E-state index in [4.69, 9.17) is 9.47 Å². The number of anilines is 1. The number of nitrogens with one attached hydrogen (secondary N) is 3. The van der Waals surface area contributed by atoms with Gasteiger partial charge in [0.15, 0.2) is 6.10 Å². The van der Waals surface area contributed by atoms with E-state index < -0.39 is 83.3 Å². The van der Waals surface area contributed by atoms with Gasteiger partial charge in [-0.05, 0) is 61.0 Å². The van der Waals surface area contributed by atoms with Gasteiger partial charge in [-0.2, -0.15) is 0 Å². The van der Waals surface area contributed by atoms with E-state index >= 15 is 0 Å². The molecule has 0 unspecified atom stereocenters. The number of hydrogen-bond donors (Lipinski definition) is 3. The molecule has 0 radical (unpaired) electrons. The number of fused-ring (bicyclic) bond motifs is 3. The van der Waals surface area contributed by atoms with Crippen molar-refractivity contribution in [3.05, 3.63) is 42.5 Å². The highest BCUT2D eigenvalue weighted by Crippen LogP contribution is 2.51. The molecule has 1 aromatic rings. The van der Waals surface area contributed by atoms with Gasteiger partial charge in [0.05, 0.1) is 5.92 Å². The molecular weight excluding hydrogens is 702 g/mol. The molecule has 8 atom stereocenters. The van der Waals surface area contributed by atoms with Gasteiger partial charge in [0.25, 0.3) is 5.91 Å². The van der Waals surface area contributed by atoms with E-state index in [9.17, 15) is 28.8 Å². The molecule has 3 heterocycles. The molecule has 4 rings (SSSR count). The van der Waals surface area contributed by atoms with Crippen molar-refractivity contribution in [3.63, 3.8) is 0 Å². The summed E-state index contributed by atoms with van der Waals surface area (Å²) < 4.78 is 11.2. The van der Waals surface area contributed by atoms with Crippen LogP contribution in [0.2, 0.25) is 0 Å². The van der Waals surface area contributed by atoms with Crippen LogP contribution in [0.4, 0.5) is 5.69 Å². The smallest absolute Gasteiger partial charge is 0.329 e. The van der Waals surface area contributed by atoms with E-state index in [1.54, 1.807) is 20.8 Å². The first kappa shape index (κ1) is 43.3. The molecule has 2 saturated heterocycles. The van der Waals surface area contributed by atoms with Crippen LogP contribution < -0.4 is 16.0 Å². The van der Waals surface area contributed by atoms with Crippen LogP contribution in [0.5, 0.6) is 0 Å². The van der Waals surface area contributed by atoms with E-state index in [0.29, 0.717) is 25.8 Å². The Bertz CT molecular complexity index is 1610. The lowest BCUT2D eigenvalue weighted by molar-refractivity contribution is -0.168. The molecule has 13 nitrogen and oxygen atoms in total. The number of hydrogen-bond acceptors (Lipinski definition) is 9. The Balaban J connectivity index is 1.55. The molecular formula is C42H63N5O8. The number of carbonyl (C=O) groups is 6. The topological polar surface area (TPSA) is 163 Å². The van der Waals surface area contributed by atoms with E-state index in [0.717, 1.165) is 11.3 Å². The van der Waals surface area contributed by atoms with E-state index in [-0.39, 0.29) is 36.7 Å². The molecule has 0 bridgehead atoms. The average molecular weight is 766 g/mol. The van der Waals surface area contributed by atoms with Crippen LogP contribution in [0, 0.1) is 29.6 Å². The molecule has 0 aromatic heterocycles. The zero-order valence-corrected chi connectivity index (χ0v) is 34.3. The average Bonchev–Trinajstić information content (AvgIpc) is 3.81. The van der Waals surface area contributed by atoms with Crippen LogP contribution in [-0.2, 0) is 43.7 Å². The maximum atomic E-state index is 14.7. The van der Waals surface area contributed by atoms with Gasteiger partial charge in [0.1, 0.15) is 36.9 Å². The predicted octanol–water partition coefficient (Wildman–Crippen LogP) is 4.55. The van der Waals surface area contributed by atoms with Crippen molar-refractivity contribution < 1.29 is 38.2 Å².